The van der Waals surface area contributed by atoms with Crippen LogP contribution in [0.5, 0.6) is 0 Å². The van der Waals surface area contributed by atoms with Crippen molar-refractivity contribution in [2.24, 2.45) is 17.8 Å². The molecule has 27 heavy (non-hydrogen) atoms. The highest BCUT2D eigenvalue weighted by atomic mass is 19.3. The maximum Gasteiger partial charge on any atom is 0.249 e. The molecule has 1 aliphatic carbocycles. The van der Waals surface area contributed by atoms with Crippen molar-refractivity contribution in [2.75, 3.05) is 19.7 Å². The van der Waals surface area contributed by atoms with Crippen molar-refractivity contribution < 1.29 is 23.1 Å². The highest BCUT2D eigenvalue weighted by Gasteiger charge is 2.52. The van der Waals surface area contributed by atoms with Gasteiger partial charge in [-0.15, -0.1) is 0 Å². The fourth-order valence-electron chi connectivity index (χ4n) is 4.34. The Hall–Kier alpha value is -2.09. The normalized spacial score (nSPS) is 29.7. The number of hydrogen-bond acceptors (Lipinski definition) is 4. The van der Waals surface area contributed by atoms with Crippen molar-refractivity contribution in [3.05, 3.63) is 30.1 Å². The molecule has 0 aromatic carbocycles. The number of rotatable bonds is 4. The van der Waals surface area contributed by atoms with Gasteiger partial charge in [0.1, 0.15) is 0 Å². The molecule has 8 heteroatoms. The van der Waals surface area contributed by atoms with Crippen LogP contribution in [0.1, 0.15) is 25.0 Å². The van der Waals surface area contributed by atoms with Gasteiger partial charge in [0.25, 0.3) is 0 Å². The van der Waals surface area contributed by atoms with Crippen LogP contribution in [0.3, 0.4) is 0 Å². The molecule has 4 rings (SSSR count). The predicted molar refractivity (Wildman–Crippen MR) is 91.7 cm³/mol. The smallest absolute Gasteiger partial charge is 0.249 e. The Morgan fingerprint density at radius 2 is 2.11 bits per heavy atom. The fourth-order valence-corrected chi connectivity index (χ4v) is 4.34. The molecule has 1 aromatic heterocycles. The Morgan fingerprint density at radius 3 is 2.81 bits per heavy atom. The number of fused-ring (bicyclic) bond motifs is 1. The lowest BCUT2D eigenvalue weighted by Gasteiger charge is -2.43. The van der Waals surface area contributed by atoms with Crippen molar-refractivity contribution in [1.82, 2.24) is 15.2 Å². The molecule has 146 valence electrons. The lowest BCUT2D eigenvalue weighted by atomic mass is 9.78. The summed E-state index contributed by atoms with van der Waals surface area (Å²) < 4.78 is 32.0. The third-order valence-electron chi connectivity index (χ3n) is 5.85. The number of aromatic nitrogens is 1. The zero-order chi connectivity index (χ0) is 19.0. The summed E-state index contributed by atoms with van der Waals surface area (Å²) in [6.45, 7) is 1.52. The minimum absolute atomic E-state index is 0.0561. The van der Waals surface area contributed by atoms with E-state index in [0.29, 0.717) is 19.7 Å². The number of ether oxygens (including phenoxy) is 1. The molecule has 1 saturated carbocycles. The number of carbonyl (C=O) groups excluding carboxylic acids is 2. The molecule has 0 unspecified atom stereocenters. The topological polar surface area (TPSA) is 71.5 Å². The Kier molecular flexibility index (Phi) is 4.84. The first-order valence-corrected chi connectivity index (χ1v) is 9.39. The Morgan fingerprint density at radius 1 is 1.30 bits per heavy atom. The standard InChI is InChI=1S/C19H23F2N3O3/c20-19(21)7-12(8-19)18(26)24-10-15(14-4-6-27-16(14)11-24)17(25)23-9-13-3-1-2-5-22-13/h1-3,5,12,14-16H,4,6-11H2,(H,23,25)/t14-,15+,16+/m0/s1. The Balaban J connectivity index is 1.41. The van der Waals surface area contributed by atoms with Crippen LogP contribution in [0.2, 0.25) is 0 Å². The number of nitrogens with one attached hydrogen (secondary N) is 1. The van der Waals surface area contributed by atoms with Gasteiger partial charge in [-0.05, 0) is 18.6 Å². The molecular formula is C19H23F2N3O3. The van der Waals surface area contributed by atoms with Crippen LogP contribution in [0.25, 0.3) is 0 Å². The maximum atomic E-state index is 13.1. The van der Waals surface area contributed by atoms with Crippen LogP contribution < -0.4 is 5.32 Å². The molecule has 2 aliphatic heterocycles. The first-order chi connectivity index (χ1) is 12.9. The summed E-state index contributed by atoms with van der Waals surface area (Å²) in [7, 11) is 0. The van der Waals surface area contributed by atoms with E-state index in [1.165, 1.54) is 0 Å². The Bertz CT molecular complexity index is 707. The third-order valence-corrected chi connectivity index (χ3v) is 5.85. The van der Waals surface area contributed by atoms with Crippen molar-refractivity contribution in [1.29, 1.82) is 0 Å². The zero-order valence-corrected chi connectivity index (χ0v) is 14.9. The summed E-state index contributed by atoms with van der Waals surface area (Å²) in [5.74, 6) is -4.13. The predicted octanol–water partition coefficient (Wildman–Crippen LogP) is 1.61. The molecule has 3 atom stereocenters. The Labute approximate surface area is 156 Å². The number of likely N-dealkylation sites (tertiary alicyclic amines) is 1. The summed E-state index contributed by atoms with van der Waals surface area (Å²) >= 11 is 0. The average Bonchev–Trinajstić information content (AvgIpc) is 3.12. The van der Waals surface area contributed by atoms with Gasteiger partial charge in [-0.1, -0.05) is 6.07 Å². The monoisotopic (exact) mass is 379 g/mol. The summed E-state index contributed by atoms with van der Waals surface area (Å²) in [6.07, 6.45) is 1.45. The highest BCUT2D eigenvalue weighted by molar-refractivity contribution is 5.83. The van der Waals surface area contributed by atoms with E-state index in [4.69, 9.17) is 4.74 Å². The molecule has 2 amide bonds. The highest BCUT2D eigenvalue weighted by Crippen LogP contribution is 2.44. The molecule has 0 spiro atoms. The average molecular weight is 379 g/mol. The molecule has 3 heterocycles. The largest absolute Gasteiger partial charge is 0.376 e. The van der Waals surface area contributed by atoms with E-state index < -0.39 is 24.7 Å². The quantitative estimate of drug-likeness (QED) is 0.863. The number of halogens is 2. The molecule has 3 aliphatic rings. The number of alkyl halides is 2. The van der Waals surface area contributed by atoms with Crippen LogP contribution in [-0.2, 0) is 20.9 Å². The van der Waals surface area contributed by atoms with Crippen LogP contribution in [0.15, 0.2) is 24.4 Å². The van der Waals surface area contributed by atoms with Crippen LogP contribution in [0, 0.1) is 17.8 Å². The lowest BCUT2D eigenvalue weighted by molar-refractivity contribution is -0.165. The van der Waals surface area contributed by atoms with E-state index in [9.17, 15) is 18.4 Å². The van der Waals surface area contributed by atoms with Crippen molar-refractivity contribution >= 4 is 11.8 Å². The molecule has 3 fully saturated rings. The van der Waals surface area contributed by atoms with Gasteiger partial charge in [-0.2, -0.15) is 0 Å². The van der Waals surface area contributed by atoms with Gasteiger partial charge < -0.3 is 15.0 Å². The second-order valence-corrected chi connectivity index (χ2v) is 7.71. The summed E-state index contributed by atoms with van der Waals surface area (Å²) in [6, 6.07) is 5.49. The molecule has 2 saturated heterocycles. The van der Waals surface area contributed by atoms with E-state index in [1.54, 1.807) is 17.2 Å². The van der Waals surface area contributed by atoms with Gasteiger partial charge in [0.2, 0.25) is 17.7 Å². The van der Waals surface area contributed by atoms with E-state index >= 15 is 0 Å². The molecule has 0 bridgehead atoms. The van der Waals surface area contributed by atoms with E-state index in [-0.39, 0.29) is 36.3 Å². The number of piperidine rings is 1. The molecule has 1 N–H and O–H groups in total. The number of amides is 2. The summed E-state index contributed by atoms with van der Waals surface area (Å²) in [4.78, 5) is 31.1. The fraction of sp³-hybridized carbons (Fsp3) is 0.632. The van der Waals surface area contributed by atoms with Gasteiger partial charge in [0.05, 0.1) is 24.3 Å². The number of carbonyl (C=O) groups is 2. The second-order valence-electron chi connectivity index (χ2n) is 7.71. The van der Waals surface area contributed by atoms with Crippen molar-refractivity contribution in [3.63, 3.8) is 0 Å². The van der Waals surface area contributed by atoms with E-state index in [1.807, 2.05) is 12.1 Å². The van der Waals surface area contributed by atoms with Gasteiger partial charge in [-0.3, -0.25) is 14.6 Å². The molecule has 1 aromatic rings. The first kappa shape index (κ1) is 18.3. The summed E-state index contributed by atoms with van der Waals surface area (Å²) in [5.41, 5.74) is 0.755. The van der Waals surface area contributed by atoms with Crippen LogP contribution in [0.4, 0.5) is 8.78 Å². The maximum absolute atomic E-state index is 13.1. The van der Waals surface area contributed by atoms with Gasteiger partial charge >= 0.3 is 0 Å². The lowest BCUT2D eigenvalue weighted by Crippen LogP contribution is -2.57. The van der Waals surface area contributed by atoms with Gasteiger partial charge in [-0.25, -0.2) is 8.78 Å². The molecular weight excluding hydrogens is 356 g/mol. The minimum atomic E-state index is -2.73. The van der Waals surface area contributed by atoms with Gasteiger partial charge in [0, 0.05) is 50.6 Å². The van der Waals surface area contributed by atoms with E-state index in [2.05, 4.69) is 10.3 Å². The van der Waals surface area contributed by atoms with Crippen LogP contribution >= 0.6 is 0 Å². The van der Waals surface area contributed by atoms with Gasteiger partial charge in [0.15, 0.2) is 0 Å². The van der Waals surface area contributed by atoms with Crippen molar-refractivity contribution in [3.8, 4) is 0 Å². The molecule has 6 nitrogen and oxygen atoms in total. The van der Waals surface area contributed by atoms with E-state index in [0.717, 1.165) is 12.1 Å². The summed E-state index contributed by atoms with van der Waals surface area (Å²) in [5, 5.41) is 2.90. The molecule has 0 radical (unpaired) electrons. The zero-order valence-electron chi connectivity index (χ0n) is 14.9. The minimum Gasteiger partial charge on any atom is -0.376 e. The first-order valence-electron chi connectivity index (χ1n) is 9.39. The number of hydrogen-bond donors (Lipinski definition) is 1. The number of nitrogens with zero attached hydrogens (tertiary/aromatic N) is 2. The van der Waals surface area contributed by atoms with Crippen LogP contribution in [-0.4, -0.2) is 53.4 Å². The SMILES string of the molecule is O=C(NCc1ccccn1)[C@@H]1CN(C(=O)C2CC(F)(F)C2)C[C@H]2OCC[C@H]21. The third kappa shape index (κ3) is 3.81. The number of pyridine rings is 1. The second kappa shape index (κ2) is 7.14. The van der Waals surface area contributed by atoms with Crippen molar-refractivity contribution in [2.45, 2.75) is 37.8 Å².